The fourth-order valence-corrected chi connectivity index (χ4v) is 3.06. The van der Waals surface area contributed by atoms with E-state index in [-0.39, 0.29) is 5.82 Å². The van der Waals surface area contributed by atoms with Gasteiger partial charge in [0.1, 0.15) is 5.82 Å². The van der Waals surface area contributed by atoms with E-state index >= 15 is 0 Å². The Hall–Kier alpha value is -2.17. The zero-order valence-electron chi connectivity index (χ0n) is 14.4. The quantitative estimate of drug-likeness (QED) is 0.697. The molecule has 0 radical (unpaired) electrons. The Kier molecular flexibility index (Phi) is 5.51. The van der Waals surface area contributed by atoms with Crippen molar-refractivity contribution in [3.05, 3.63) is 87.4 Å². The summed E-state index contributed by atoms with van der Waals surface area (Å²) in [4.78, 5) is 0. The Morgan fingerprint density at radius 3 is 2.48 bits per heavy atom. The normalized spacial score (nSPS) is 11.0. The van der Waals surface area contributed by atoms with E-state index in [1.807, 2.05) is 35.9 Å². The summed E-state index contributed by atoms with van der Waals surface area (Å²) < 4.78 is 14.9. The molecule has 0 fully saturated rings. The van der Waals surface area contributed by atoms with Crippen molar-refractivity contribution in [2.75, 3.05) is 0 Å². The van der Waals surface area contributed by atoms with Crippen molar-refractivity contribution in [2.24, 2.45) is 0 Å². The van der Waals surface area contributed by atoms with Crippen LogP contribution in [0.5, 0.6) is 0 Å². The highest BCUT2D eigenvalue weighted by Gasteiger charge is 2.12. The molecule has 5 heteroatoms. The maximum absolute atomic E-state index is 12.9. The van der Waals surface area contributed by atoms with Crippen LogP contribution in [0.15, 0.2) is 48.5 Å². The minimum absolute atomic E-state index is 0.212. The van der Waals surface area contributed by atoms with Crippen LogP contribution in [0, 0.1) is 19.7 Å². The van der Waals surface area contributed by atoms with Gasteiger partial charge in [0.15, 0.2) is 0 Å². The molecule has 1 aromatic heterocycles. The van der Waals surface area contributed by atoms with E-state index in [1.165, 1.54) is 17.7 Å². The molecule has 0 saturated heterocycles. The summed E-state index contributed by atoms with van der Waals surface area (Å²) in [5.74, 6) is -0.212. The first kappa shape index (κ1) is 17.6. The molecular weight excluding hydrogens is 337 g/mol. The van der Waals surface area contributed by atoms with Gasteiger partial charge in [0.25, 0.3) is 0 Å². The second-order valence-electron chi connectivity index (χ2n) is 6.13. The molecule has 0 unspecified atom stereocenters. The van der Waals surface area contributed by atoms with E-state index in [0.717, 1.165) is 34.1 Å². The number of nitrogens with zero attached hydrogens (tertiary/aromatic N) is 2. The number of rotatable bonds is 6. The van der Waals surface area contributed by atoms with Crippen LogP contribution in [0.3, 0.4) is 0 Å². The minimum Gasteiger partial charge on any atom is -0.308 e. The van der Waals surface area contributed by atoms with Gasteiger partial charge in [0.05, 0.1) is 12.2 Å². The Bertz CT molecular complexity index is 856. The van der Waals surface area contributed by atoms with E-state index in [9.17, 15) is 4.39 Å². The van der Waals surface area contributed by atoms with Gasteiger partial charge in [-0.15, -0.1) is 0 Å². The number of halogens is 2. The fourth-order valence-electron chi connectivity index (χ4n) is 2.87. The summed E-state index contributed by atoms with van der Waals surface area (Å²) in [6, 6.07) is 14.4. The number of nitrogens with one attached hydrogen (secondary N) is 1. The van der Waals surface area contributed by atoms with E-state index < -0.39 is 0 Å². The van der Waals surface area contributed by atoms with Crippen LogP contribution in [-0.4, -0.2) is 9.78 Å². The van der Waals surface area contributed by atoms with Gasteiger partial charge < -0.3 is 5.32 Å². The molecule has 0 atom stereocenters. The topological polar surface area (TPSA) is 29.9 Å². The highest BCUT2D eigenvalue weighted by atomic mass is 35.5. The van der Waals surface area contributed by atoms with Crippen molar-refractivity contribution in [1.82, 2.24) is 15.1 Å². The predicted molar refractivity (Wildman–Crippen MR) is 99.2 cm³/mol. The van der Waals surface area contributed by atoms with Gasteiger partial charge in [-0.1, -0.05) is 41.9 Å². The van der Waals surface area contributed by atoms with Gasteiger partial charge in [-0.25, -0.2) is 4.39 Å². The molecule has 3 nitrogen and oxygen atoms in total. The summed E-state index contributed by atoms with van der Waals surface area (Å²) in [6.07, 6.45) is 0. The van der Waals surface area contributed by atoms with Crippen molar-refractivity contribution in [1.29, 1.82) is 0 Å². The monoisotopic (exact) mass is 357 g/mol. The average molecular weight is 358 g/mol. The highest BCUT2D eigenvalue weighted by Crippen LogP contribution is 2.19. The van der Waals surface area contributed by atoms with Gasteiger partial charge in [-0.2, -0.15) is 5.10 Å². The Morgan fingerprint density at radius 1 is 1.04 bits per heavy atom. The molecule has 0 spiro atoms. The Labute approximate surface area is 152 Å². The van der Waals surface area contributed by atoms with Crippen molar-refractivity contribution in [3.63, 3.8) is 0 Å². The molecule has 0 aliphatic rings. The lowest BCUT2D eigenvalue weighted by Crippen LogP contribution is -2.14. The van der Waals surface area contributed by atoms with E-state index in [2.05, 4.69) is 17.3 Å². The number of benzene rings is 2. The van der Waals surface area contributed by atoms with Crippen LogP contribution in [0.1, 0.15) is 28.1 Å². The third-order valence-electron chi connectivity index (χ3n) is 4.35. The van der Waals surface area contributed by atoms with Gasteiger partial charge in [0.2, 0.25) is 0 Å². The zero-order valence-corrected chi connectivity index (χ0v) is 15.1. The maximum atomic E-state index is 12.9. The van der Waals surface area contributed by atoms with E-state index in [4.69, 9.17) is 11.6 Å². The number of aryl methyl sites for hydroxylation is 1. The minimum atomic E-state index is -0.212. The molecular formula is C20H21ClFN3. The summed E-state index contributed by atoms with van der Waals surface area (Å²) in [5, 5.41) is 8.81. The van der Waals surface area contributed by atoms with Crippen LogP contribution < -0.4 is 5.32 Å². The zero-order chi connectivity index (χ0) is 17.8. The SMILES string of the molecule is Cc1nn(Cc2ccccc2Cl)c(C)c1CNCc1ccc(F)cc1. The van der Waals surface area contributed by atoms with Crippen LogP contribution in [0.25, 0.3) is 0 Å². The molecule has 0 saturated carbocycles. The maximum Gasteiger partial charge on any atom is 0.123 e. The number of aromatic nitrogens is 2. The van der Waals surface area contributed by atoms with Crippen LogP contribution in [0.2, 0.25) is 5.02 Å². The Morgan fingerprint density at radius 2 is 1.76 bits per heavy atom. The highest BCUT2D eigenvalue weighted by molar-refractivity contribution is 6.31. The molecule has 3 rings (SSSR count). The van der Waals surface area contributed by atoms with Crippen molar-refractivity contribution in [2.45, 2.75) is 33.5 Å². The second kappa shape index (κ2) is 7.81. The van der Waals surface area contributed by atoms with Gasteiger partial charge in [0, 0.05) is 29.4 Å². The molecule has 130 valence electrons. The molecule has 25 heavy (non-hydrogen) atoms. The smallest absolute Gasteiger partial charge is 0.123 e. The first-order chi connectivity index (χ1) is 12.0. The molecule has 0 aliphatic carbocycles. The van der Waals surface area contributed by atoms with Crippen molar-refractivity contribution in [3.8, 4) is 0 Å². The largest absolute Gasteiger partial charge is 0.308 e. The van der Waals surface area contributed by atoms with Crippen LogP contribution in [-0.2, 0) is 19.6 Å². The summed E-state index contributed by atoms with van der Waals surface area (Å²) >= 11 is 6.26. The first-order valence-electron chi connectivity index (χ1n) is 8.26. The summed E-state index contributed by atoms with van der Waals surface area (Å²) in [5.41, 5.74) is 5.44. The lowest BCUT2D eigenvalue weighted by Gasteiger charge is -2.08. The number of hydrogen-bond donors (Lipinski definition) is 1. The molecule has 0 amide bonds. The lowest BCUT2D eigenvalue weighted by molar-refractivity contribution is 0.624. The third kappa shape index (κ3) is 4.27. The lowest BCUT2D eigenvalue weighted by atomic mass is 10.1. The molecule has 0 bridgehead atoms. The fraction of sp³-hybridized carbons (Fsp3) is 0.250. The molecule has 2 aromatic carbocycles. The second-order valence-corrected chi connectivity index (χ2v) is 6.54. The van der Waals surface area contributed by atoms with Gasteiger partial charge >= 0.3 is 0 Å². The van der Waals surface area contributed by atoms with E-state index in [1.54, 1.807) is 12.1 Å². The average Bonchev–Trinajstić information content (AvgIpc) is 2.86. The summed E-state index contributed by atoms with van der Waals surface area (Å²) in [7, 11) is 0. The first-order valence-corrected chi connectivity index (χ1v) is 8.64. The van der Waals surface area contributed by atoms with E-state index in [0.29, 0.717) is 13.1 Å². The van der Waals surface area contributed by atoms with Crippen LogP contribution >= 0.6 is 11.6 Å². The Balaban J connectivity index is 1.67. The third-order valence-corrected chi connectivity index (χ3v) is 4.72. The molecule has 1 heterocycles. The standard InChI is InChI=1S/C20H21ClFN3/c1-14-19(12-23-11-16-7-9-18(22)10-8-16)15(2)25(24-14)13-17-5-3-4-6-20(17)21/h3-10,23H,11-13H2,1-2H3. The van der Waals surface area contributed by atoms with Gasteiger partial charge in [-0.3, -0.25) is 4.68 Å². The molecule has 0 aliphatic heterocycles. The van der Waals surface area contributed by atoms with Crippen molar-refractivity contribution < 1.29 is 4.39 Å². The molecule has 1 N–H and O–H groups in total. The van der Waals surface area contributed by atoms with Crippen LogP contribution in [0.4, 0.5) is 4.39 Å². The number of hydrogen-bond acceptors (Lipinski definition) is 2. The summed E-state index contributed by atoms with van der Waals surface area (Å²) in [6.45, 7) is 6.16. The molecule has 3 aromatic rings. The van der Waals surface area contributed by atoms with Gasteiger partial charge in [-0.05, 0) is 43.2 Å². The van der Waals surface area contributed by atoms with Crippen molar-refractivity contribution >= 4 is 11.6 Å². The predicted octanol–water partition coefficient (Wildman–Crippen LogP) is 4.63.